The molecule has 0 bridgehead atoms. The minimum absolute atomic E-state index is 0.0179. The van der Waals surface area contributed by atoms with E-state index in [9.17, 15) is 14.4 Å². The molecule has 0 saturated carbocycles. The van der Waals surface area contributed by atoms with Crippen LogP contribution in [0.4, 0.5) is 5.69 Å². The molecule has 0 radical (unpaired) electrons. The van der Waals surface area contributed by atoms with Crippen molar-refractivity contribution in [2.24, 2.45) is 0 Å². The zero-order chi connectivity index (χ0) is 23.8. The Hall–Kier alpha value is -4.39. The topological polar surface area (TPSA) is 93.7 Å². The third-order valence-corrected chi connectivity index (χ3v) is 4.77. The molecule has 0 atom stereocenters. The van der Waals surface area contributed by atoms with Crippen LogP contribution in [-0.2, 0) is 4.79 Å². The van der Waals surface area contributed by atoms with Gasteiger partial charge in [0.1, 0.15) is 5.70 Å². The van der Waals surface area contributed by atoms with Crippen LogP contribution in [0.25, 0.3) is 6.08 Å². The Morgan fingerprint density at radius 3 is 2.15 bits per heavy atom. The first-order valence-corrected chi connectivity index (χ1v) is 10.1. The average molecular weight is 444 g/mol. The van der Waals surface area contributed by atoms with Gasteiger partial charge in [-0.25, -0.2) is 0 Å². The molecule has 3 aromatic rings. The molecule has 0 heterocycles. The first kappa shape index (κ1) is 23.3. The highest BCUT2D eigenvalue weighted by molar-refractivity contribution is 6.11. The highest BCUT2D eigenvalue weighted by atomic mass is 16.5. The Kier molecular flexibility index (Phi) is 7.60. The van der Waals surface area contributed by atoms with Gasteiger partial charge < -0.3 is 20.1 Å². The maximum atomic E-state index is 13.1. The van der Waals surface area contributed by atoms with Crippen molar-refractivity contribution in [1.82, 2.24) is 5.32 Å². The molecule has 2 N–H and O–H groups in total. The molecule has 168 valence electrons. The van der Waals surface area contributed by atoms with Crippen LogP contribution < -0.4 is 20.1 Å². The van der Waals surface area contributed by atoms with Crippen molar-refractivity contribution in [2.45, 2.75) is 6.92 Å². The lowest BCUT2D eigenvalue weighted by Crippen LogP contribution is -2.30. The zero-order valence-electron chi connectivity index (χ0n) is 18.5. The fourth-order valence-electron chi connectivity index (χ4n) is 3.07. The largest absolute Gasteiger partial charge is 0.493 e. The first-order valence-electron chi connectivity index (χ1n) is 10.1. The van der Waals surface area contributed by atoms with Gasteiger partial charge in [-0.15, -0.1) is 0 Å². The standard InChI is InChI=1S/C26H24N2O5/c1-17(29)20-10-7-11-21(16-20)27-26(31)22(28-25(30)19-8-5-4-6-9-19)14-18-12-13-23(32-2)24(15-18)33-3/h4-16H,1-3H3,(H,27,31)(H,28,30). The summed E-state index contributed by atoms with van der Waals surface area (Å²) in [6.07, 6.45) is 1.53. The second kappa shape index (κ2) is 10.8. The average Bonchev–Trinajstić information content (AvgIpc) is 2.84. The fraction of sp³-hybridized carbons (Fsp3) is 0.115. The molecular weight excluding hydrogens is 420 g/mol. The minimum Gasteiger partial charge on any atom is -0.493 e. The van der Waals surface area contributed by atoms with Crippen LogP contribution in [-0.4, -0.2) is 31.8 Å². The fourth-order valence-corrected chi connectivity index (χ4v) is 3.07. The number of rotatable bonds is 8. The monoisotopic (exact) mass is 444 g/mol. The number of benzene rings is 3. The van der Waals surface area contributed by atoms with E-state index in [1.165, 1.54) is 27.2 Å². The van der Waals surface area contributed by atoms with Crippen LogP contribution in [0.1, 0.15) is 33.2 Å². The van der Waals surface area contributed by atoms with Crippen molar-refractivity contribution in [3.63, 3.8) is 0 Å². The van der Waals surface area contributed by atoms with Crippen LogP contribution in [0.15, 0.2) is 78.5 Å². The molecular formula is C26H24N2O5. The summed E-state index contributed by atoms with van der Waals surface area (Å²) in [5.41, 5.74) is 1.93. The van der Waals surface area contributed by atoms with E-state index in [2.05, 4.69) is 10.6 Å². The van der Waals surface area contributed by atoms with E-state index in [0.717, 1.165) is 0 Å². The molecule has 7 nitrogen and oxygen atoms in total. The van der Waals surface area contributed by atoms with Gasteiger partial charge >= 0.3 is 0 Å². The summed E-state index contributed by atoms with van der Waals surface area (Å²) in [6, 6.07) is 20.3. The molecule has 3 aromatic carbocycles. The number of hydrogen-bond donors (Lipinski definition) is 2. The number of amides is 2. The lowest BCUT2D eigenvalue weighted by molar-refractivity contribution is -0.113. The first-order chi connectivity index (χ1) is 15.9. The number of ether oxygens (including phenoxy) is 2. The molecule has 0 saturated heterocycles. The lowest BCUT2D eigenvalue weighted by atomic mass is 10.1. The zero-order valence-corrected chi connectivity index (χ0v) is 18.5. The molecule has 0 aromatic heterocycles. The van der Waals surface area contributed by atoms with Gasteiger partial charge in [-0.3, -0.25) is 14.4 Å². The summed E-state index contributed by atoms with van der Waals surface area (Å²) < 4.78 is 10.6. The van der Waals surface area contributed by atoms with Crippen molar-refractivity contribution in [3.05, 3.63) is 95.2 Å². The van der Waals surface area contributed by atoms with E-state index < -0.39 is 11.8 Å². The molecule has 3 rings (SSSR count). The van der Waals surface area contributed by atoms with Crippen LogP contribution >= 0.6 is 0 Å². The van der Waals surface area contributed by atoms with E-state index in [0.29, 0.717) is 33.9 Å². The van der Waals surface area contributed by atoms with Gasteiger partial charge in [0.15, 0.2) is 17.3 Å². The lowest BCUT2D eigenvalue weighted by Gasteiger charge is -2.13. The predicted octanol–water partition coefficient (Wildman–Crippen LogP) is 4.32. The number of methoxy groups -OCH3 is 2. The Morgan fingerprint density at radius 1 is 0.788 bits per heavy atom. The number of Topliss-reactive ketones (excluding diaryl/α,β-unsaturated/α-hetero) is 1. The van der Waals surface area contributed by atoms with Crippen LogP contribution in [0.3, 0.4) is 0 Å². The predicted molar refractivity (Wildman–Crippen MR) is 127 cm³/mol. The van der Waals surface area contributed by atoms with Gasteiger partial charge in [0.2, 0.25) is 0 Å². The minimum atomic E-state index is -0.547. The molecule has 33 heavy (non-hydrogen) atoms. The highest BCUT2D eigenvalue weighted by Crippen LogP contribution is 2.28. The third kappa shape index (κ3) is 6.07. The maximum absolute atomic E-state index is 13.1. The van der Waals surface area contributed by atoms with Gasteiger partial charge in [0, 0.05) is 16.8 Å². The number of carbonyl (C=O) groups is 3. The second-order valence-electron chi connectivity index (χ2n) is 7.08. The van der Waals surface area contributed by atoms with Gasteiger partial charge in [-0.05, 0) is 55.0 Å². The number of hydrogen-bond acceptors (Lipinski definition) is 5. The van der Waals surface area contributed by atoms with Crippen molar-refractivity contribution in [2.75, 3.05) is 19.5 Å². The summed E-state index contributed by atoms with van der Waals surface area (Å²) in [6.45, 7) is 1.45. The summed E-state index contributed by atoms with van der Waals surface area (Å²) in [7, 11) is 3.04. The summed E-state index contributed by atoms with van der Waals surface area (Å²) in [5, 5.41) is 5.41. The third-order valence-electron chi connectivity index (χ3n) is 4.77. The number of anilines is 1. The number of carbonyl (C=O) groups excluding carboxylic acids is 3. The van der Waals surface area contributed by atoms with Crippen molar-refractivity contribution in [1.29, 1.82) is 0 Å². The quantitative estimate of drug-likeness (QED) is 0.399. The maximum Gasteiger partial charge on any atom is 0.272 e. The molecule has 0 aliphatic heterocycles. The van der Waals surface area contributed by atoms with Gasteiger partial charge in [-0.2, -0.15) is 0 Å². The van der Waals surface area contributed by atoms with E-state index in [-0.39, 0.29) is 11.5 Å². The molecule has 7 heteroatoms. The molecule has 0 unspecified atom stereocenters. The Bertz CT molecular complexity index is 1200. The molecule has 0 aliphatic rings. The van der Waals surface area contributed by atoms with Crippen molar-refractivity contribution < 1.29 is 23.9 Å². The van der Waals surface area contributed by atoms with E-state index in [4.69, 9.17) is 9.47 Å². The SMILES string of the molecule is COc1ccc(C=C(NC(=O)c2ccccc2)C(=O)Nc2cccc(C(C)=O)c2)cc1OC. The van der Waals surface area contributed by atoms with E-state index in [1.807, 2.05) is 0 Å². The number of ketones is 1. The van der Waals surface area contributed by atoms with E-state index >= 15 is 0 Å². The smallest absolute Gasteiger partial charge is 0.272 e. The van der Waals surface area contributed by atoms with Crippen molar-refractivity contribution >= 4 is 29.4 Å². The Morgan fingerprint density at radius 2 is 1.48 bits per heavy atom. The van der Waals surface area contributed by atoms with Crippen LogP contribution in [0.2, 0.25) is 0 Å². The van der Waals surface area contributed by atoms with Crippen LogP contribution in [0.5, 0.6) is 11.5 Å². The van der Waals surface area contributed by atoms with Gasteiger partial charge in [0.05, 0.1) is 14.2 Å². The highest BCUT2D eigenvalue weighted by Gasteiger charge is 2.16. The summed E-state index contributed by atoms with van der Waals surface area (Å²) >= 11 is 0. The second-order valence-corrected chi connectivity index (χ2v) is 7.08. The van der Waals surface area contributed by atoms with Gasteiger partial charge in [-0.1, -0.05) is 36.4 Å². The Balaban J connectivity index is 1.95. The number of nitrogens with one attached hydrogen (secondary N) is 2. The van der Waals surface area contributed by atoms with E-state index in [1.54, 1.807) is 72.8 Å². The molecule has 0 spiro atoms. The Labute approximate surface area is 192 Å². The molecule has 0 aliphatic carbocycles. The van der Waals surface area contributed by atoms with Crippen LogP contribution in [0, 0.1) is 0 Å². The van der Waals surface area contributed by atoms with Crippen molar-refractivity contribution in [3.8, 4) is 11.5 Å². The normalized spacial score (nSPS) is 10.8. The van der Waals surface area contributed by atoms with Gasteiger partial charge in [0.25, 0.3) is 11.8 Å². The molecule has 2 amide bonds. The molecule has 0 fully saturated rings. The summed E-state index contributed by atoms with van der Waals surface area (Å²) in [4.78, 5) is 37.5. The summed E-state index contributed by atoms with van der Waals surface area (Å²) in [5.74, 6) is -0.0844.